The smallest absolute Gasteiger partial charge is 0.322 e. The van der Waals surface area contributed by atoms with Gasteiger partial charge in [0.25, 0.3) is 0 Å². The lowest BCUT2D eigenvalue weighted by molar-refractivity contribution is 0.0332. The van der Waals surface area contributed by atoms with Gasteiger partial charge in [-0.2, -0.15) is 0 Å². The standard InChI is InChI=1S/C17H18Cl2N4O3/c1-23(9-10-4-13(24)5-10)17(25)22-12-2-3-15(14(19)6-12)26-16-20-7-11(18)8-21-16/h2-3,6-8,10,13,24H,4-5,9H2,1H3,(H,22,25). The number of rotatable bonds is 5. The predicted octanol–water partition coefficient (Wildman–Crippen LogP) is 3.81. The Morgan fingerprint density at radius 2 is 2.04 bits per heavy atom. The maximum Gasteiger partial charge on any atom is 0.322 e. The van der Waals surface area contributed by atoms with Crippen molar-refractivity contribution in [1.82, 2.24) is 14.9 Å². The number of hydrogen-bond donors (Lipinski definition) is 2. The van der Waals surface area contributed by atoms with E-state index in [2.05, 4.69) is 15.3 Å². The Morgan fingerprint density at radius 1 is 1.35 bits per heavy atom. The summed E-state index contributed by atoms with van der Waals surface area (Å²) in [6, 6.07) is 4.77. The number of anilines is 1. The fourth-order valence-electron chi connectivity index (χ4n) is 2.65. The molecule has 1 aromatic heterocycles. The zero-order chi connectivity index (χ0) is 18.7. The Morgan fingerprint density at radius 3 is 2.65 bits per heavy atom. The minimum atomic E-state index is -0.239. The van der Waals surface area contributed by atoms with E-state index >= 15 is 0 Å². The number of benzene rings is 1. The molecule has 7 nitrogen and oxygen atoms in total. The number of nitrogens with zero attached hydrogens (tertiary/aromatic N) is 3. The fourth-order valence-corrected chi connectivity index (χ4v) is 2.97. The van der Waals surface area contributed by atoms with Crippen LogP contribution in [0, 0.1) is 5.92 Å². The molecular formula is C17H18Cl2N4O3. The van der Waals surface area contributed by atoms with Gasteiger partial charge in [0.05, 0.1) is 28.5 Å². The number of halogens is 2. The SMILES string of the molecule is CN(CC1CC(O)C1)C(=O)Nc1ccc(Oc2ncc(Cl)cn2)c(Cl)c1. The summed E-state index contributed by atoms with van der Waals surface area (Å²) in [6.07, 6.45) is 4.09. The molecule has 0 atom stereocenters. The Balaban J connectivity index is 1.58. The van der Waals surface area contributed by atoms with Crippen LogP contribution in [-0.4, -0.2) is 45.7 Å². The van der Waals surface area contributed by atoms with E-state index < -0.39 is 0 Å². The Hall–Kier alpha value is -2.09. The maximum atomic E-state index is 12.2. The van der Waals surface area contributed by atoms with Crippen LogP contribution >= 0.6 is 23.2 Å². The van der Waals surface area contributed by atoms with Crippen LogP contribution in [0.5, 0.6) is 11.8 Å². The summed E-state index contributed by atoms with van der Waals surface area (Å²) in [5, 5.41) is 12.8. The predicted molar refractivity (Wildman–Crippen MR) is 98.9 cm³/mol. The number of aliphatic hydroxyl groups excluding tert-OH is 1. The van der Waals surface area contributed by atoms with Crippen molar-refractivity contribution in [2.75, 3.05) is 18.9 Å². The van der Waals surface area contributed by atoms with Gasteiger partial charge in [-0.3, -0.25) is 0 Å². The highest BCUT2D eigenvalue weighted by Crippen LogP contribution is 2.31. The van der Waals surface area contributed by atoms with Crippen molar-refractivity contribution >= 4 is 34.9 Å². The van der Waals surface area contributed by atoms with Gasteiger partial charge in [-0.05, 0) is 37.0 Å². The summed E-state index contributed by atoms with van der Waals surface area (Å²) in [7, 11) is 1.72. The fraction of sp³-hybridized carbons (Fsp3) is 0.353. The zero-order valence-electron chi connectivity index (χ0n) is 14.0. The molecule has 0 radical (unpaired) electrons. The van der Waals surface area contributed by atoms with Crippen LogP contribution in [0.2, 0.25) is 10.0 Å². The normalized spacial score (nSPS) is 18.8. The van der Waals surface area contributed by atoms with Crippen molar-refractivity contribution in [1.29, 1.82) is 0 Å². The minimum absolute atomic E-state index is 0.121. The van der Waals surface area contributed by atoms with Crippen LogP contribution in [0.4, 0.5) is 10.5 Å². The molecule has 1 aromatic carbocycles. The summed E-state index contributed by atoms with van der Waals surface area (Å²) in [6.45, 7) is 0.603. The highest BCUT2D eigenvalue weighted by atomic mass is 35.5. The lowest BCUT2D eigenvalue weighted by Gasteiger charge is -2.34. The average Bonchev–Trinajstić information content (AvgIpc) is 2.57. The molecule has 138 valence electrons. The first-order valence-corrected chi connectivity index (χ1v) is 8.81. The Labute approximate surface area is 160 Å². The number of aromatic nitrogens is 2. The van der Waals surface area contributed by atoms with Gasteiger partial charge in [0.2, 0.25) is 0 Å². The average molecular weight is 397 g/mol. The van der Waals surface area contributed by atoms with Crippen molar-refractivity contribution in [3.8, 4) is 11.8 Å². The van der Waals surface area contributed by atoms with Gasteiger partial charge in [0.1, 0.15) is 5.75 Å². The van der Waals surface area contributed by atoms with Crippen LogP contribution in [0.1, 0.15) is 12.8 Å². The number of ether oxygens (including phenoxy) is 1. The molecule has 1 aliphatic rings. The van der Waals surface area contributed by atoms with Crippen molar-refractivity contribution in [3.05, 3.63) is 40.6 Å². The van der Waals surface area contributed by atoms with Gasteiger partial charge in [-0.15, -0.1) is 0 Å². The third-order valence-electron chi connectivity index (χ3n) is 4.07. The van der Waals surface area contributed by atoms with E-state index in [0.29, 0.717) is 33.9 Å². The van der Waals surface area contributed by atoms with Crippen LogP contribution in [-0.2, 0) is 0 Å². The maximum absolute atomic E-state index is 12.2. The Kier molecular flexibility index (Phi) is 5.80. The molecule has 9 heteroatoms. The van der Waals surface area contributed by atoms with Gasteiger partial charge in [-0.25, -0.2) is 14.8 Å². The number of hydrogen-bond acceptors (Lipinski definition) is 5. The molecule has 0 bridgehead atoms. The highest BCUT2D eigenvalue weighted by molar-refractivity contribution is 6.32. The molecule has 0 aliphatic heterocycles. The van der Waals surface area contributed by atoms with E-state index in [4.69, 9.17) is 27.9 Å². The number of aliphatic hydroxyl groups is 1. The van der Waals surface area contributed by atoms with Crippen LogP contribution < -0.4 is 10.1 Å². The molecule has 3 rings (SSSR count). The van der Waals surface area contributed by atoms with Crippen molar-refractivity contribution in [2.24, 2.45) is 5.92 Å². The number of nitrogens with one attached hydrogen (secondary N) is 1. The second kappa shape index (κ2) is 8.07. The molecule has 0 unspecified atom stereocenters. The molecule has 26 heavy (non-hydrogen) atoms. The quantitative estimate of drug-likeness (QED) is 0.801. The summed E-state index contributed by atoms with van der Waals surface area (Å²) in [5.74, 6) is 0.711. The molecule has 2 amide bonds. The third kappa shape index (κ3) is 4.75. The molecule has 1 heterocycles. The molecule has 2 aromatic rings. The van der Waals surface area contributed by atoms with Gasteiger partial charge < -0.3 is 20.1 Å². The molecular weight excluding hydrogens is 379 g/mol. The van der Waals surface area contributed by atoms with Gasteiger partial charge in [-0.1, -0.05) is 23.2 Å². The van der Waals surface area contributed by atoms with E-state index in [-0.39, 0.29) is 18.1 Å². The summed E-state index contributed by atoms with van der Waals surface area (Å²) in [5.41, 5.74) is 0.546. The summed E-state index contributed by atoms with van der Waals surface area (Å²) in [4.78, 5) is 21.7. The number of urea groups is 1. The zero-order valence-corrected chi connectivity index (χ0v) is 15.5. The first-order chi connectivity index (χ1) is 12.4. The van der Waals surface area contributed by atoms with E-state index in [1.807, 2.05) is 0 Å². The lowest BCUT2D eigenvalue weighted by atomic mass is 9.82. The number of carbonyl (C=O) groups is 1. The van der Waals surface area contributed by atoms with E-state index in [1.54, 1.807) is 30.1 Å². The van der Waals surface area contributed by atoms with Crippen molar-refractivity contribution in [2.45, 2.75) is 18.9 Å². The molecule has 1 aliphatic carbocycles. The third-order valence-corrected chi connectivity index (χ3v) is 4.56. The largest absolute Gasteiger partial charge is 0.423 e. The molecule has 0 spiro atoms. The van der Waals surface area contributed by atoms with Crippen LogP contribution in [0.15, 0.2) is 30.6 Å². The minimum Gasteiger partial charge on any atom is -0.423 e. The topological polar surface area (TPSA) is 87.6 Å². The number of amides is 2. The highest BCUT2D eigenvalue weighted by Gasteiger charge is 2.29. The van der Waals surface area contributed by atoms with Crippen molar-refractivity contribution < 1.29 is 14.6 Å². The van der Waals surface area contributed by atoms with Crippen LogP contribution in [0.25, 0.3) is 0 Å². The molecule has 0 saturated heterocycles. The first kappa shape index (κ1) is 18.7. The van der Waals surface area contributed by atoms with E-state index in [1.165, 1.54) is 12.4 Å². The summed E-state index contributed by atoms with van der Waals surface area (Å²) >= 11 is 11.9. The molecule has 2 N–H and O–H groups in total. The molecule has 1 fully saturated rings. The van der Waals surface area contributed by atoms with E-state index in [0.717, 1.165) is 12.8 Å². The van der Waals surface area contributed by atoms with E-state index in [9.17, 15) is 9.90 Å². The number of carbonyl (C=O) groups excluding carboxylic acids is 1. The van der Waals surface area contributed by atoms with Gasteiger partial charge in [0.15, 0.2) is 0 Å². The molecule has 1 saturated carbocycles. The first-order valence-electron chi connectivity index (χ1n) is 8.06. The Bertz CT molecular complexity index is 782. The lowest BCUT2D eigenvalue weighted by Crippen LogP contribution is -2.41. The van der Waals surface area contributed by atoms with Crippen LogP contribution in [0.3, 0.4) is 0 Å². The van der Waals surface area contributed by atoms with Crippen molar-refractivity contribution in [3.63, 3.8) is 0 Å². The summed E-state index contributed by atoms with van der Waals surface area (Å²) < 4.78 is 5.50. The second-order valence-electron chi connectivity index (χ2n) is 6.23. The van der Waals surface area contributed by atoms with Gasteiger partial charge >= 0.3 is 12.0 Å². The second-order valence-corrected chi connectivity index (χ2v) is 7.08. The van der Waals surface area contributed by atoms with Gasteiger partial charge in [0, 0.05) is 19.3 Å². The monoisotopic (exact) mass is 396 g/mol.